The third-order valence-electron chi connectivity index (χ3n) is 1.45. The number of nitrogens with two attached hydrogens (primary N) is 1. The Bertz CT molecular complexity index is 262. The van der Waals surface area contributed by atoms with Crippen LogP contribution in [0.25, 0.3) is 0 Å². The summed E-state index contributed by atoms with van der Waals surface area (Å²) >= 11 is 0. The molecule has 1 aromatic rings. The number of hydrogen-bond donors (Lipinski definition) is 2. The van der Waals surface area contributed by atoms with Gasteiger partial charge in [-0.1, -0.05) is 18.2 Å². The van der Waals surface area contributed by atoms with Gasteiger partial charge in [0.05, 0.1) is 6.04 Å². The molecule has 0 unspecified atom stereocenters. The van der Waals surface area contributed by atoms with Gasteiger partial charge in [0.15, 0.2) is 0 Å². The van der Waals surface area contributed by atoms with Gasteiger partial charge in [-0.2, -0.15) is 0 Å². The average Bonchev–Trinajstić information content (AvgIpc) is 2.06. The lowest BCUT2D eigenvalue weighted by molar-refractivity contribution is -0.117. The van der Waals surface area contributed by atoms with E-state index in [1.54, 1.807) is 6.92 Å². The summed E-state index contributed by atoms with van der Waals surface area (Å²) in [7, 11) is 0. The van der Waals surface area contributed by atoms with Crippen molar-refractivity contribution in [2.75, 3.05) is 5.32 Å². The molecule has 0 saturated carbocycles. The number of rotatable bonds is 2. The van der Waals surface area contributed by atoms with Crippen molar-refractivity contribution in [3.63, 3.8) is 0 Å². The Kier molecular flexibility index (Phi) is 5.11. The molecule has 3 N–H and O–H groups in total. The number of anilines is 1. The molecule has 1 amide bonds. The molecule has 0 fully saturated rings. The van der Waals surface area contributed by atoms with Crippen LogP contribution < -0.4 is 11.1 Å². The van der Waals surface area contributed by atoms with E-state index in [-0.39, 0.29) is 18.3 Å². The molecule has 0 aromatic heterocycles. The van der Waals surface area contributed by atoms with Crippen molar-refractivity contribution in [3.05, 3.63) is 30.3 Å². The first-order valence-corrected chi connectivity index (χ1v) is 3.81. The van der Waals surface area contributed by atoms with Crippen LogP contribution in [0.3, 0.4) is 0 Å². The predicted molar refractivity (Wildman–Crippen MR) is 56.0 cm³/mol. The molecular weight excluding hydrogens is 188 g/mol. The first-order chi connectivity index (χ1) is 5.70. The highest BCUT2D eigenvalue weighted by Crippen LogP contribution is 2.04. The number of para-hydroxylation sites is 1. The highest BCUT2D eigenvalue weighted by Gasteiger charge is 2.05. The monoisotopic (exact) mass is 200 g/mol. The third-order valence-corrected chi connectivity index (χ3v) is 1.45. The Morgan fingerprint density at radius 3 is 2.38 bits per heavy atom. The molecule has 4 heteroatoms. The second kappa shape index (κ2) is 5.56. The van der Waals surface area contributed by atoms with Gasteiger partial charge in [-0.25, -0.2) is 0 Å². The second-order valence-electron chi connectivity index (χ2n) is 2.64. The highest BCUT2D eigenvalue weighted by atomic mass is 35.5. The standard InChI is InChI=1S/C9H12N2O.ClH/c1-7(10)9(12)11-8-5-3-2-4-6-8;/h2-7H,10H2,1H3,(H,11,12);1H/t7-;/m1./s1. The Hall–Kier alpha value is -1.06. The van der Waals surface area contributed by atoms with Crippen molar-refractivity contribution in [2.45, 2.75) is 13.0 Å². The van der Waals surface area contributed by atoms with Crippen LogP contribution in [-0.4, -0.2) is 11.9 Å². The number of nitrogens with one attached hydrogen (secondary N) is 1. The van der Waals surface area contributed by atoms with E-state index < -0.39 is 6.04 Å². The molecular formula is C9H13ClN2O. The van der Waals surface area contributed by atoms with Gasteiger partial charge < -0.3 is 11.1 Å². The van der Waals surface area contributed by atoms with Crippen molar-refractivity contribution in [3.8, 4) is 0 Å². The van der Waals surface area contributed by atoms with Crippen LogP contribution in [0.1, 0.15) is 6.92 Å². The molecule has 0 aliphatic carbocycles. The fourth-order valence-corrected chi connectivity index (χ4v) is 0.778. The molecule has 1 aromatic carbocycles. The maximum absolute atomic E-state index is 11.1. The predicted octanol–water partition coefficient (Wildman–Crippen LogP) is 1.39. The van der Waals surface area contributed by atoms with Gasteiger partial charge in [0.2, 0.25) is 5.91 Å². The van der Waals surface area contributed by atoms with Gasteiger partial charge >= 0.3 is 0 Å². The van der Waals surface area contributed by atoms with E-state index in [1.807, 2.05) is 30.3 Å². The lowest BCUT2D eigenvalue weighted by Gasteiger charge is -2.06. The Morgan fingerprint density at radius 1 is 1.38 bits per heavy atom. The molecule has 0 radical (unpaired) electrons. The summed E-state index contributed by atoms with van der Waals surface area (Å²) in [5, 5.41) is 2.68. The van der Waals surface area contributed by atoms with Crippen molar-refractivity contribution < 1.29 is 4.79 Å². The van der Waals surface area contributed by atoms with Gasteiger partial charge in [-0.05, 0) is 19.1 Å². The summed E-state index contributed by atoms with van der Waals surface area (Å²) < 4.78 is 0. The Labute approximate surface area is 83.7 Å². The summed E-state index contributed by atoms with van der Waals surface area (Å²) in [6.07, 6.45) is 0. The minimum Gasteiger partial charge on any atom is -0.325 e. The number of carbonyl (C=O) groups excluding carboxylic acids is 1. The zero-order chi connectivity index (χ0) is 8.97. The van der Waals surface area contributed by atoms with E-state index in [0.29, 0.717) is 0 Å². The summed E-state index contributed by atoms with van der Waals surface area (Å²) in [6.45, 7) is 1.65. The van der Waals surface area contributed by atoms with E-state index >= 15 is 0 Å². The largest absolute Gasteiger partial charge is 0.325 e. The average molecular weight is 201 g/mol. The summed E-state index contributed by atoms with van der Waals surface area (Å²) in [4.78, 5) is 11.1. The van der Waals surface area contributed by atoms with Crippen LogP contribution in [0.4, 0.5) is 5.69 Å². The third kappa shape index (κ3) is 3.92. The zero-order valence-electron chi connectivity index (χ0n) is 7.36. The summed E-state index contributed by atoms with van der Waals surface area (Å²) in [5.74, 6) is -0.166. The molecule has 0 saturated heterocycles. The van der Waals surface area contributed by atoms with Crippen LogP contribution in [0.5, 0.6) is 0 Å². The minimum absolute atomic E-state index is 0. The molecule has 3 nitrogen and oxygen atoms in total. The Morgan fingerprint density at radius 2 is 1.92 bits per heavy atom. The Balaban J connectivity index is 0.00000144. The van der Waals surface area contributed by atoms with Crippen molar-refractivity contribution in [1.82, 2.24) is 0 Å². The van der Waals surface area contributed by atoms with Crippen molar-refractivity contribution in [1.29, 1.82) is 0 Å². The SMILES string of the molecule is C[C@@H](N)C(=O)Nc1ccccc1.Cl. The quantitative estimate of drug-likeness (QED) is 0.758. The van der Waals surface area contributed by atoms with Crippen molar-refractivity contribution in [2.24, 2.45) is 5.73 Å². The van der Waals surface area contributed by atoms with Crippen LogP contribution in [-0.2, 0) is 4.79 Å². The molecule has 1 rings (SSSR count). The first kappa shape index (κ1) is 11.9. The summed E-state index contributed by atoms with van der Waals surface area (Å²) in [6, 6.07) is 8.78. The molecule has 0 aliphatic heterocycles. The topological polar surface area (TPSA) is 55.1 Å². The minimum atomic E-state index is -0.467. The molecule has 0 heterocycles. The highest BCUT2D eigenvalue weighted by molar-refractivity contribution is 5.94. The number of halogens is 1. The number of benzene rings is 1. The molecule has 0 spiro atoms. The van der Waals surface area contributed by atoms with E-state index in [2.05, 4.69) is 5.32 Å². The van der Waals surface area contributed by atoms with Gasteiger partial charge in [0.25, 0.3) is 0 Å². The molecule has 1 atom stereocenters. The number of carbonyl (C=O) groups is 1. The normalized spacial score (nSPS) is 11.2. The van der Waals surface area contributed by atoms with Crippen LogP contribution in [0.2, 0.25) is 0 Å². The van der Waals surface area contributed by atoms with Crippen molar-refractivity contribution >= 4 is 24.0 Å². The van der Waals surface area contributed by atoms with Crippen LogP contribution in [0, 0.1) is 0 Å². The zero-order valence-corrected chi connectivity index (χ0v) is 8.17. The van der Waals surface area contributed by atoms with E-state index in [1.165, 1.54) is 0 Å². The summed E-state index contributed by atoms with van der Waals surface area (Å²) in [5.41, 5.74) is 6.15. The molecule has 13 heavy (non-hydrogen) atoms. The van der Waals surface area contributed by atoms with Crippen LogP contribution >= 0.6 is 12.4 Å². The maximum atomic E-state index is 11.1. The smallest absolute Gasteiger partial charge is 0.240 e. The van der Waals surface area contributed by atoms with Crippen LogP contribution in [0.15, 0.2) is 30.3 Å². The van der Waals surface area contributed by atoms with E-state index in [0.717, 1.165) is 5.69 Å². The van der Waals surface area contributed by atoms with Gasteiger partial charge in [0, 0.05) is 5.69 Å². The maximum Gasteiger partial charge on any atom is 0.240 e. The fraction of sp³-hybridized carbons (Fsp3) is 0.222. The molecule has 72 valence electrons. The number of amides is 1. The first-order valence-electron chi connectivity index (χ1n) is 3.81. The number of hydrogen-bond acceptors (Lipinski definition) is 2. The second-order valence-corrected chi connectivity index (χ2v) is 2.64. The lowest BCUT2D eigenvalue weighted by atomic mass is 10.3. The van der Waals surface area contributed by atoms with E-state index in [9.17, 15) is 4.79 Å². The van der Waals surface area contributed by atoms with Gasteiger partial charge in [0.1, 0.15) is 0 Å². The van der Waals surface area contributed by atoms with Gasteiger partial charge in [-0.3, -0.25) is 4.79 Å². The fourth-order valence-electron chi connectivity index (χ4n) is 0.778. The lowest BCUT2D eigenvalue weighted by Crippen LogP contribution is -2.32. The molecule has 0 bridgehead atoms. The molecule has 0 aliphatic rings. The van der Waals surface area contributed by atoms with Gasteiger partial charge in [-0.15, -0.1) is 12.4 Å². The van der Waals surface area contributed by atoms with E-state index in [4.69, 9.17) is 5.73 Å².